The van der Waals surface area contributed by atoms with E-state index in [1.807, 2.05) is 25.1 Å². The molecule has 2 amide bonds. The Labute approximate surface area is 201 Å². The van der Waals surface area contributed by atoms with Gasteiger partial charge in [-0.1, -0.05) is 24.6 Å². The maximum absolute atomic E-state index is 14.0. The first-order valence-electron chi connectivity index (χ1n) is 10.5. The van der Waals surface area contributed by atoms with Gasteiger partial charge in [0.15, 0.2) is 5.75 Å². The van der Waals surface area contributed by atoms with Crippen molar-refractivity contribution in [1.82, 2.24) is 15.7 Å². The third kappa shape index (κ3) is 3.90. The fourth-order valence-electron chi connectivity index (χ4n) is 4.23. The molecule has 0 saturated carbocycles. The van der Waals surface area contributed by atoms with Gasteiger partial charge in [0.25, 0.3) is 0 Å². The van der Waals surface area contributed by atoms with Crippen LogP contribution in [0.4, 0.5) is 4.79 Å². The van der Waals surface area contributed by atoms with Crippen molar-refractivity contribution >= 4 is 29.1 Å². The first kappa shape index (κ1) is 23.4. The van der Waals surface area contributed by atoms with Crippen molar-refractivity contribution in [2.45, 2.75) is 25.5 Å². The molecular weight excluding hydrogens is 462 g/mol. The minimum Gasteiger partial charge on any atom is -0.496 e. The lowest BCUT2D eigenvalue weighted by atomic mass is 9.74. The second-order valence-corrected chi connectivity index (χ2v) is 8.26. The highest BCUT2D eigenvalue weighted by atomic mass is 35.5. The number of carbonyl (C=O) groups excluding carboxylic acids is 2. The number of hydrogen-bond donors (Lipinski definition) is 3. The summed E-state index contributed by atoms with van der Waals surface area (Å²) in [6, 6.07) is 6.30. The summed E-state index contributed by atoms with van der Waals surface area (Å²) in [5.74, 6) is 0.104. The van der Waals surface area contributed by atoms with Gasteiger partial charge < -0.3 is 25.3 Å². The standard InChI is InChI=1S/C23H24ClN5O5/c1-12-8-14(28-29-22(25)31)9-17(27-11-13-6-4-5-7-26-13)23(12)21(30)18-15(32-2)10-16(33-3)19(24)20(18)34-23/h4-7,9-10,12,27H,8,11H2,1-3H3,(H3,25,29,31)/b28-14-/t12-,23+/m1/s1. The minimum atomic E-state index is -1.42. The monoisotopic (exact) mass is 485 g/mol. The summed E-state index contributed by atoms with van der Waals surface area (Å²) in [7, 11) is 2.93. The summed E-state index contributed by atoms with van der Waals surface area (Å²) in [6.45, 7) is 2.18. The highest BCUT2D eigenvalue weighted by molar-refractivity contribution is 6.35. The average Bonchev–Trinajstić information content (AvgIpc) is 3.14. The number of benzene rings is 1. The number of allylic oxidation sites excluding steroid dienone is 1. The Kier molecular flexibility index (Phi) is 6.34. The number of methoxy groups -OCH3 is 2. The molecule has 10 nitrogen and oxygen atoms in total. The van der Waals surface area contributed by atoms with E-state index in [0.29, 0.717) is 35.9 Å². The molecule has 0 unspecified atom stereocenters. The third-order valence-corrected chi connectivity index (χ3v) is 6.19. The van der Waals surface area contributed by atoms with Crippen molar-refractivity contribution in [1.29, 1.82) is 0 Å². The molecule has 1 aliphatic heterocycles. The number of nitrogens with zero attached hydrogens (tertiary/aromatic N) is 2. The van der Waals surface area contributed by atoms with Gasteiger partial charge in [-0.2, -0.15) is 5.10 Å². The number of Topliss-reactive ketones (excluding diaryl/α,β-unsaturated/α-hetero) is 1. The summed E-state index contributed by atoms with van der Waals surface area (Å²) in [5, 5.41) is 7.53. The van der Waals surface area contributed by atoms with Gasteiger partial charge in [-0.15, -0.1) is 0 Å². The van der Waals surface area contributed by atoms with Crippen molar-refractivity contribution in [3.05, 3.63) is 58.5 Å². The van der Waals surface area contributed by atoms with Crippen LogP contribution in [0.3, 0.4) is 0 Å². The van der Waals surface area contributed by atoms with E-state index in [9.17, 15) is 9.59 Å². The van der Waals surface area contributed by atoms with Gasteiger partial charge in [-0.3, -0.25) is 9.78 Å². The Morgan fingerprint density at radius 3 is 2.76 bits per heavy atom. The van der Waals surface area contributed by atoms with Gasteiger partial charge >= 0.3 is 6.03 Å². The molecule has 2 aliphatic rings. The van der Waals surface area contributed by atoms with E-state index in [-0.39, 0.29) is 22.1 Å². The van der Waals surface area contributed by atoms with E-state index in [1.54, 1.807) is 18.3 Å². The number of halogens is 1. The minimum absolute atomic E-state index is 0.176. The Bertz CT molecular complexity index is 1200. The number of rotatable bonds is 6. The highest BCUT2D eigenvalue weighted by Crippen LogP contribution is 2.54. The second kappa shape index (κ2) is 9.22. The van der Waals surface area contributed by atoms with Crippen molar-refractivity contribution in [3.8, 4) is 17.2 Å². The van der Waals surface area contributed by atoms with Crippen LogP contribution >= 0.6 is 11.6 Å². The summed E-state index contributed by atoms with van der Waals surface area (Å²) in [4.78, 5) is 29.5. The molecule has 2 aromatic rings. The van der Waals surface area contributed by atoms with E-state index >= 15 is 0 Å². The number of nitrogens with two attached hydrogens (primary N) is 1. The van der Waals surface area contributed by atoms with E-state index in [2.05, 4.69) is 20.8 Å². The number of fused-ring (bicyclic) bond motifs is 1. The number of ether oxygens (including phenoxy) is 3. The van der Waals surface area contributed by atoms with Crippen LogP contribution in [0.5, 0.6) is 17.2 Å². The third-order valence-electron chi connectivity index (χ3n) is 5.83. The van der Waals surface area contributed by atoms with Gasteiger partial charge in [0, 0.05) is 18.2 Å². The van der Waals surface area contributed by atoms with Crippen LogP contribution in [0.2, 0.25) is 5.02 Å². The van der Waals surface area contributed by atoms with Gasteiger partial charge in [-0.05, 0) is 24.6 Å². The van der Waals surface area contributed by atoms with Crippen LogP contribution in [-0.2, 0) is 6.54 Å². The Morgan fingerprint density at radius 2 is 2.12 bits per heavy atom. The molecule has 4 rings (SSSR count). The first-order valence-corrected chi connectivity index (χ1v) is 10.9. The zero-order chi connectivity index (χ0) is 24.5. The summed E-state index contributed by atoms with van der Waals surface area (Å²) >= 11 is 6.54. The molecule has 2 heterocycles. The zero-order valence-electron chi connectivity index (χ0n) is 18.8. The topological polar surface area (TPSA) is 137 Å². The lowest BCUT2D eigenvalue weighted by Gasteiger charge is -2.39. The number of nitrogens with one attached hydrogen (secondary N) is 2. The Hall–Kier alpha value is -3.79. The van der Waals surface area contributed by atoms with Crippen LogP contribution in [0.15, 0.2) is 47.3 Å². The molecule has 34 heavy (non-hydrogen) atoms. The number of urea groups is 1. The maximum Gasteiger partial charge on any atom is 0.332 e. The number of primary amides is 1. The van der Waals surface area contributed by atoms with Crippen molar-refractivity contribution in [3.63, 3.8) is 0 Å². The fourth-order valence-corrected chi connectivity index (χ4v) is 4.50. The van der Waals surface area contributed by atoms with Gasteiger partial charge in [0.05, 0.1) is 37.9 Å². The van der Waals surface area contributed by atoms with Crippen LogP contribution in [0, 0.1) is 5.92 Å². The molecule has 1 aromatic heterocycles. The number of aromatic nitrogens is 1. The van der Waals surface area contributed by atoms with E-state index in [1.165, 1.54) is 14.2 Å². The molecule has 0 saturated heterocycles. The fraction of sp³-hybridized carbons (Fsp3) is 0.304. The summed E-state index contributed by atoms with van der Waals surface area (Å²) < 4.78 is 17.2. The molecule has 1 aromatic carbocycles. The molecule has 2 atom stereocenters. The van der Waals surface area contributed by atoms with E-state index < -0.39 is 17.6 Å². The Morgan fingerprint density at radius 1 is 1.35 bits per heavy atom. The number of hydrogen-bond acceptors (Lipinski definition) is 8. The number of hydrazone groups is 1. The van der Waals surface area contributed by atoms with Gasteiger partial charge in [-0.25, -0.2) is 10.2 Å². The van der Waals surface area contributed by atoms with E-state index in [0.717, 1.165) is 5.69 Å². The summed E-state index contributed by atoms with van der Waals surface area (Å²) in [6.07, 6.45) is 3.67. The molecule has 0 bridgehead atoms. The van der Waals surface area contributed by atoms with Crippen LogP contribution in [-0.4, -0.2) is 42.3 Å². The molecule has 1 aliphatic carbocycles. The van der Waals surface area contributed by atoms with Gasteiger partial charge in [0.1, 0.15) is 22.1 Å². The SMILES string of the molecule is COc1cc(OC)c2c(c1Cl)O[C@]1(C2=O)C(NCc2ccccn2)=C/C(=N\NC(N)=O)C[C@H]1C. The predicted molar refractivity (Wildman–Crippen MR) is 125 cm³/mol. The van der Waals surface area contributed by atoms with Crippen LogP contribution < -0.4 is 30.7 Å². The smallest absolute Gasteiger partial charge is 0.332 e. The largest absolute Gasteiger partial charge is 0.496 e. The summed E-state index contributed by atoms with van der Waals surface area (Å²) in [5.41, 5.74) is 7.93. The Balaban J connectivity index is 1.82. The normalized spacial score (nSPS) is 22.1. The molecule has 0 fully saturated rings. The molecule has 0 radical (unpaired) electrons. The molecular formula is C23H24ClN5O5. The second-order valence-electron chi connectivity index (χ2n) is 7.88. The molecule has 4 N–H and O–H groups in total. The highest BCUT2D eigenvalue weighted by Gasteiger charge is 2.58. The van der Waals surface area contributed by atoms with Gasteiger partial charge in [0.2, 0.25) is 11.4 Å². The lowest BCUT2D eigenvalue weighted by molar-refractivity contribution is 0.0459. The van der Waals surface area contributed by atoms with Crippen LogP contribution in [0.25, 0.3) is 0 Å². The number of amides is 2. The van der Waals surface area contributed by atoms with Crippen molar-refractivity contribution in [2.75, 3.05) is 14.2 Å². The van der Waals surface area contributed by atoms with Crippen molar-refractivity contribution in [2.24, 2.45) is 16.8 Å². The molecule has 1 spiro atoms. The lowest BCUT2D eigenvalue weighted by Crippen LogP contribution is -2.54. The maximum atomic E-state index is 14.0. The zero-order valence-corrected chi connectivity index (χ0v) is 19.6. The van der Waals surface area contributed by atoms with Crippen molar-refractivity contribution < 1.29 is 23.8 Å². The quantitative estimate of drug-likeness (QED) is 0.535. The molecule has 178 valence electrons. The number of pyridine rings is 1. The van der Waals surface area contributed by atoms with E-state index in [4.69, 9.17) is 31.5 Å². The number of ketones is 1. The van der Waals surface area contributed by atoms with Crippen LogP contribution in [0.1, 0.15) is 29.4 Å². The number of carbonyl (C=O) groups is 2. The average molecular weight is 486 g/mol. The predicted octanol–water partition coefficient (Wildman–Crippen LogP) is 2.80. The molecule has 11 heteroatoms. The first-order chi connectivity index (χ1) is 16.3.